The molecule has 0 amide bonds. The van der Waals surface area contributed by atoms with Gasteiger partial charge in [-0.05, 0) is 173 Å². The van der Waals surface area contributed by atoms with E-state index in [-0.39, 0.29) is 0 Å². The molecule has 326 valence electrons. The Labute approximate surface area is 355 Å². The molecule has 3 heterocycles. The number of nitrogens with one attached hydrogen (secondary N) is 3. The molecule has 3 aliphatic heterocycles. The van der Waals surface area contributed by atoms with Gasteiger partial charge in [0.2, 0.25) is 0 Å². The monoisotopic (exact) mass is 798 g/mol. The van der Waals surface area contributed by atoms with Crippen molar-refractivity contribution in [1.82, 2.24) is 16.0 Å². The van der Waals surface area contributed by atoms with Gasteiger partial charge in [0.15, 0.2) is 0 Å². The Morgan fingerprint density at radius 1 is 0.259 bits per heavy atom. The van der Waals surface area contributed by atoms with E-state index in [0.717, 1.165) is 76.9 Å². The normalized spacial score (nSPS) is 54.0. The van der Waals surface area contributed by atoms with Crippen molar-refractivity contribution in [2.75, 3.05) is 0 Å². The minimum absolute atomic E-state index is 0.380. The van der Waals surface area contributed by atoms with Crippen molar-refractivity contribution < 1.29 is 9.47 Å². The quantitative estimate of drug-likeness (QED) is 0.259. The van der Waals surface area contributed by atoms with E-state index in [9.17, 15) is 0 Å². The lowest BCUT2D eigenvalue weighted by molar-refractivity contribution is -0.0813. The van der Waals surface area contributed by atoms with Crippen LogP contribution >= 0.6 is 0 Å². The largest absolute Gasteiger partial charge is 0.374 e. The van der Waals surface area contributed by atoms with Crippen LogP contribution in [0.3, 0.4) is 0 Å². The van der Waals surface area contributed by atoms with E-state index in [1.54, 1.807) is 25.7 Å². The molecule has 9 saturated carbocycles. The molecule has 12 rings (SSSR count). The summed E-state index contributed by atoms with van der Waals surface area (Å²) in [5.41, 5.74) is 0. The standard InChI is InChI=1S/C53H87N3O2/c1-3-12-32(13-4-1)36-22-23-38-29-39(25-24-37(38)28-36)51-54-52(56-53(55-51)44-20-11-19-42-41-18-9-10-21-46(41)57-49(42)44)43-27-26-40(33-14-5-2-6-15-33)50-48(43)45-30-34-16-7-8-17-35(34)31-47(45)58-50/h32-56H,1-31H2. The molecule has 5 heteroatoms. The lowest BCUT2D eigenvalue weighted by atomic mass is 9.57. The molecule has 12 fully saturated rings. The number of hydrogen-bond donors (Lipinski definition) is 3. The summed E-state index contributed by atoms with van der Waals surface area (Å²) in [5, 5.41) is 13.6. The van der Waals surface area contributed by atoms with Gasteiger partial charge >= 0.3 is 0 Å². The van der Waals surface area contributed by atoms with E-state index in [1.807, 2.05) is 0 Å². The Morgan fingerprint density at radius 2 is 0.776 bits per heavy atom. The lowest BCUT2D eigenvalue weighted by Crippen LogP contribution is -2.74. The van der Waals surface area contributed by atoms with Crippen LogP contribution in [0.2, 0.25) is 0 Å². The molecule has 0 aromatic heterocycles. The minimum atomic E-state index is 0.380. The predicted molar refractivity (Wildman–Crippen MR) is 234 cm³/mol. The lowest BCUT2D eigenvalue weighted by Gasteiger charge is -2.54. The van der Waals surface area contributed by atoms with Gasteiger partial charge in [0.1, 0.15) is 0 Å². The highest BCUT2D eigenvalue weighted by Gasteiger charge is 2.60. The first-order chi connectivity index (χ1) is 28.7. The summed E-state index contributed by atoms with van der Waals surface area (Å²) in [4.78, 5) is 0. The van der Waals surface area contributed by atoms with Crippen LogP contribution in [-0.4, -0.2) is 42.9 Å². The van der Waals surface area contributed by atoms with E-state index >= 15 is 0 Å². The van der Waals surface area contributed by atoms with Crippen molar-refractivity contribution in [3.05, 3.63) is 0 Å². The molecule has 20 atom stereocenters. The zero-order chi connectivity index (χ0) is 38.2. The van der Waals surface area contributed by atoms with Gasteiger partial charge in [-0.3, -0.25) is 16.0 Å². The predicted octanol–water partition coefficient (Wildman–Crippen LogP) is 11.7. The molecule has 0 aromatic rings. The summed E-state index contributed by atoms with van der Waals surface area (Å²) in [7, 11) is 0. The molecule has 20 unspecified atom stereocenters. The van der Waals surface area contributed by atoms with Gasteiger partial charge in [-0.25, -0.2) is 0 Å². The minimum Gasteiger partial charge on any atom is -0.374 e. The molecular formula is C53H87N3O2. The van der Waals surface area contributed by atoms with Crippen LogP contribution in [0.15, 0.2) is 0 Å². The molecule has 5 nitrogen and oxygen atoms in total. The van der Waals surface area contributed by atoms with Crippen molar-refractivity contribution in [2.24, 2.45) is 88.8 Å². The first kappa shape index (κ1) is 39.4. The number of fused-ring (bicyclic) bond motifs is 8. The smallest absolute Gasteiger partial charge is 0.0666 e. The van der Waals surface area contributed by atoms with Gasteiger partial charge in [-0.15, -0.1) is 0 Å². The van der Waals surface area contributed by atoms with Crippen LogP contribution in [-0.2, 0) is 9.47 Å². The summed E-state index contributed by atoms with van der Waals surface area (Å²) in [6.45, 7) is 0. The van der Waals surface area contributed by atoms with Gasteiger partial charge in [-0.1, -0.05) is 109 Å². The maximum atomic E-state index is 7.62. The topological polar surface area (TPSA) is 54.5 Å². The molecule has 0 bridgehead atoms. The summed E-state index contributed by atoms with van der Waals surface area (Å²) in [6, 6.07) is 0. The van der Waals surface area contributed by atoms with Gasteiger partial charge < -0.3 is 9.47 Å². The van der Waals surface area contributed by atoms with Crippen LogP contribution in [0.4, 0.5) is 0 Å². The fourth-order valence-electron chi connectivity index (χ4n) is 19.1. The third-order valence-corrected chi connectivity index (χ3v) is 21.8. The van der Waals surface area contributed by atoms with E-state index in [4.69, 9.17) is 9.47 Å². The Morgan fingerprint density at radius 3 is 1.57 bits per heavy atom. The van der Waals surface area contributed by atoms with Crippen LogP contribution < -0.4 is 16.0 Å². The SMILES string of the molecule is C1CCC(C2CCC3CC(C4NC(C5CCCC6C7CCCCC7OC56)NC(C5CCC(C6CCCCC6)C6OC7CC8CCCCC8CC7C56)N4)CCC3C2)CC1. The van der Waals surface area contributed by atoms with Crippen LogP contribution in [0.1, 0.15) is 199 Å². The molecule has 9 aliphatic carbocycles. The van der Waals surface area contributed by atoms with Gasteiger partial charge in [0.25, 0.3) is 0 Å². The highest BCUT2D eigenvalue weighted by molar-refractivity contribution is 5.09. The molecule has 3 N–H and O–H groups in total. The highest BCUT2D eigenvalue weighted by atomic mass is 16.5. The van der Waals surface area contributed by atoms with Crippen LogP contribution in [0.25, 0.3) is 0 Å². The van der Waals surface area contributed by atoms with Crippen LogP contribution in [0, 0.1) is 88.8 Å². The number of hydrogen-bond acceptors (Lipinski definition) is 5. The summed E-state index contributed by atoms with van der Waals surface area (Å²) < 4.78 is 14.9. The van der Waals surface area contributed by atoms with E-state index in [0.29, 0.717) is 54.7 Å². The molecule has 0 aromatic carbocycles. The van der Waals surface area contributed by atoms with Crippen molar-refractivity contribution in [3.63, 3.8) is 0 Å². The fraction of sp³-hybridized carbons (Fsp3) is 1.00. The van der Waals surface area contributed by atoms with E-state index < -0.39 is 0 Å². The average Bonchev–Trinajstić information content (AvgIpc) is 3.86. The summed E-state index contributed by atoms with van der Waals surface area (Å²) >= 11 is 0. The average molecular weight is 798 g/mol. The molecule has 3 saturated heterocycles. The zero-order valence-corrected chi connectivity index (χ0v) is 36.9. The second-order valence-corrected chi connectivity index (χ2v) is 24.3. The molecule has 0 spiro atoms. The Hall–Kier alpha value is -0.200. The first-order valence-corrected chi connectivity index (χ1v) is 27.3. The second kappa shape index (κ2) is 17.1. The fourth-order valence-corrected chi connectivity index (χ4v) is 19.1. The number of ether oxygens (including phenoxy) is 2. The van der Waals surface area contributed by atoms with Crippen molar-refractivity contribution in [3.8, 4) is 0 Å². The summed E-state index contributed by atoms with van der Waals surface area (Å²) in [5.74, 6) is 13.0. The molecule has 12 aliphatic rings. The number of rotatable bonds is 5. The Kier molecular flexibility index (Phi) is 11.6. The zero-order valence-electron chi connectivity index (χ0n) is 36.9. The van der Waals surface area contributed by atoms with Crippen molar-refractivity contribution in [2.45, 2.75) is 242 Å². The highest BCUT2D eigenvalue weighted by Crippen LogP contribution is 2.59. The molecular weight excluding hydrogens is 711 g/mol. The molecule has 58 heavy (non-hydrogen) atoms. The maximum absolute atomic E-state index is 7.62. The maximum Gasteiger partial charge on any atom is 0.0666 e. The van der Waals surface area contributed by atoms with Crippen molar-refractivity contribution in [1.29, 1.82) is 0 Å². The summed E-state index contributed by atoms with van der Waals surface area (Å²) in [6.07, 6.45) is 48.8. The third-order valence-electron chi connectivity index (χ3n) is 21.8. The van der Waals surface area contributed by atoms with Gasteiger partial charge in [0.05, 0.1) is 42.9 Å². The van der Waals surface area contributed by atoms with Crippen molar-refractivity contribution >= 4 is 0 Å². The van der Waals surface area contributed by atoms with E-state index in [2.05, 4.69) is 16.0 Å². The second-order valence-electron chi connectivity index (χ2n) is 24.3. The first-order valence-electron chi connectivity index (χ1n) is 27.3. The Balaban J connectivity index is 0.822. The Bertz CT molecular complexity index is 1380. The van der Waals surface area contributed by atoms with Gasteiger partial charge in [0, 0.05) is 5.92 Å². The van der Waals surface area contributed by atoms with E-state index in [1.165, 1.54) is 173 Å². The molecule has 0 radical (unpaired) electrons. The van der Waals surface area contributed by atoms with Crippen LogP contribution in [0.5, 0.6) is 0 Å². The van der Waals surface area contributed by atoms with Gasteiger partial charge in [-0.2, -0.15) is 0 Å². The third kappa shape index (κ3) is 7.37.